The highest BCUT2D eigenvalue weighted by molar-refractivity contribution is 5.49. The van der Waals surface area contributed by atoms with E-state index in [0.717, 1.165) is 0 Å². The van der Waals surface area contributed by atoms with Gasteiger partial charge < -0.3 is 9.47 Å². The lowest BCUT2D eigenvalue weighted by atomic mass is 10.2. The lowest BCUT2D eigenvalue weighted by Gasteiger charge is -2.08. The van der Waals surface area contributed by atoms with Crippen LogP contribution in [0.4, 0.5) is 5.69 Å². The van der Waals surface area contributed by atoms with Crippen molar-refractivity contribution in [2.45, 2.75) is 0 Å². The Balaban J connectivity index is 2.29. The van der Waals surface area contributed by atoms with Crippen LogP contribution < -0.4 is 9.47 Å². The van der Waals surface area contributed by atoms with Gasteiger partial charge in [-0.3, -0.25) is 10.1 Å². The van der Waals surface area contributed by atoms with E-state index in [-0.39, 0.29) is 5.69 Å². The Kier molecular flexibility index (Phi) is 3.82. The zero-order chi connectivity index (χ0) is 14.5. The number of nitro groups is 1. The van der Waals surface area contributed by atoms with Crippen molar-refractivity contribution >= 4 is 5.69 Å². The second-order valence-electron chi connectivity index (χ2n) is 3.83. The molecule has 6 heteroatoms. The van der Waals surface area contributed by atoms with Crippen LogP contribution >= 0.6 is 0 Å². The first-order valence-electron chi connectivity index (χ1n) is 5.64. The molecule has 20 heavy (non-hydrogen) atoms. The fourth-order valence-corrected chi connectivity index (χ4v) is 1.57. The first kappa shape index (κ1) is 13.4. The molecule has 0 saturated heterocycles. The van der Waals surface area contributed by atoms with Crippen LogP contribution in [0.1, 0.15) is 5.56 Å². The number of non-ortho nitro benzene ring substituents is 1. The van der Waals surface area contributed by atoms with E-state index in [0.29, 0.717) is 22.8 Å². The predicted molar refractivity (Wildman–Crippen MR) is 70.9 cm³/mol. The molecule has 0 heterocycles. The third kappa shape index (κ3) is 2.84. The van der Waals surface area contributed by atoms with Gasteiger partial charge in [0.25, 0.3) is 5.69 Å². The molecule has 0 fully saturated rings. The van der Waals surface area contributed by atoms with Crippen LogP contribution in [-0.2, 0) is 0 Å². The van der Waals surface area contributed by atoms with E-state index in [2.05, 4.69) is 0 Å². The maximum atomic E-state index is 10.6. The van der Waals surface area contributed by atoms with Crippen molar-refractivity contribution in [1.82, 2.24) is 0 Å². The maximum Gasteiger partial charge on any atom is 0.269 e. The Morgan fingerprint density at radius 3 is 2.35 bits per heavy atom. The van der Waals surface area contributed by atoms with E-state index in [1.165, 1.54) is 31.4 Å². The highest BCUT2D eigenvalue weighted by Crippen LogP contribution is 2.29. The molecule has 0 N–H and O–H groups in total. The van der Waals surface area contributed by atoms with Gasteiger partial charge in [-0.15, -0.1) is 0 Å². The number of nitriles is 1. The fraction of sp³-hybridized carbons (Fsp3) is 0.0714. The molecule has 0 unspecified atom stereocenters. The predicted octanol–water partition coefficient (Wildman–Crippen LogP) is 3.27. The molecule has 0 aliphatic rings. The quantitative estimate of drug-likeness (QED) is 0.628. The van der Waals surface area contributed by atoms with Crippen LogP contribution in [-0.4, -0.2) is 12.0 Å². The monoisotopic (exact) mass is 270 g/mol. The lowest BCUT2D eigenvalue weighted by Crippen LogP contribution is -1.91. The van der Waals surface area contributed by atoms with Crippen molar-refractivity contribution in [3.8, 4) is 23.3 Å². The van der Waals surface area contributed by atoms with Crippen LogP contribution in [0.25, 0.3) is 0 Å². The molecule has 0 radical (unpaired) electrons. The van der Waals surface area contributed by atoms with Crippen molar-refractivity contribution < 1.29 is 14.4 Å². The Morgan fingerprint density at radius 2 is 1.80 bits per heavy atom. The van der Waals surface area contributed by atoms with Gasteiger partial charge in [-0.25, -0.2) is 0 Å². The smallest absolute Gasteiger partial charge is 0.269 e. The average molecular weight is 270 g/mol. The molecule has 0 bridgehead atoms. The third-order valence-electron chi connectivity index (χ3n) is 2.58. The zero-order valence-electron chi connectivity index (χ0n) is 10.6. The number of nitro benzene ring substituents is 1. The summed E-state index contributed by atoms with van der Waals surface area (Å²) in [7, 11) is 1.51. The fourth-order valence-electron chi connectivity index (χ4n) is 1.57. The topological polar surface area (TPSA) is 85.4 Å². The number of benzene rings is 2. The van der Waals surface area contributed by atoms with Gasteiger partial charge in [0.05, 0.1) is 17.6 Å². The molecule has 100 valence electrons. The van der Waals surface area contributed by atoms with Gasteiger partial charge in [0.15, 0.2) is 0 Å². The first-order valence-corrected chi connectivity index (χ1v) is 5.64. The van der Waals surface area contributed by atoms with Crippen LogP contribution in [0.2, 0.25) is 0 Å². The van der Waals surface area contributed by atoms with Gasteiger partial charge in [-0.05, 0) is 24.3 Å². The van der Waals surface area contributed by atoms with Gasteiger partial charge in [0.1, 0.15) is 23.3 Å². The summed E-state index contributed by atoms with van der Waals surface area (Å²) in [6.45, 7) is 0. The van der Waals surface area contributed by atoms with E-state index < -0.39 is 4.92 Å². The van der Waals surface area contributed by atoms with Crippen molar-refractivity contribution in [2.24, 2.45) is 0 Å². The van der Waals surface area contributed by atoms with E-state index in [4.69, 9.17) is 14.7 Å². The van der Waals surface area contributed by atoms with Gasteiger partial charge in [-0.1, -0.05) is 0 Å². The Bertz CT molecular complexity index is 675. The minimum Gasteiger partial charge on any atom is -0.497 e. The molecule has 0 aromatic heterocycles. The molecule has 0 spiro atoms. The van der Waals surface area contributed by atoms with Crippen LogP contribution in [0.5, 0.6) is 17.2 Å². The zero-order valence-corrected chi connectivity index (χ0v) is 10.6. The lowest BCUT2D eigenvalue weighted by molar-refractivity contribution is -0.384. The summed E-state index contributed by atoms with van der Waals surface area (Å²) in [4.78, 5) is 10.1. The Morgan fingerprint density at radius 1 is 1.15 bits per heavy atom. The summed E-state index contributed by atoms with van der Waals surface area (Å²) >= 11 is 0. The molecule has 6 nitrogen and oxygen atoms in total. The van der Waals surface area contributed by atoms with Gasteiger partial charge in [-0.2, -0.15) is 5.26 Å². The van der Waals surface area contributed by atoms with Crippen molar-refractivity contribution in [3.05, 3.63) is 58.1 Å². The minimum absolute atomic E-state index is 0.0245. The summed E-state index contributed by atoms with van der Waals surface area (Å²) in [6, 6.07) is 12.4. The summed E-state index contributed by atoms with van der Waals surface area (Å²) in [5, 5.41) is 19.6. The molecule has 2 rings (SSSR count). The molecule has 0 aliphatic carbocycles. The number of ether oxygens (including phenoxy) is 2. The van der Waals surface area contributed by atoms with Crippen LogP contribution in [0, 0.1) is 21.4 Å². The van der Waals surface area contributed by atoms with E-state index >= 15 is 0 Å². The molecule has 0 saturated carbocycles. The Labute approximate surface area is 114 Å². The maximum absolute atomic E-state index is 10.6. The van der Waals surface area contributed by atoms with Gasteiger partial charge in [0, 0.05) is 18.2 Å². The van der Waals surface area contributed by atoms with E-state index in [9.17, 15) is 10.1 Å². The number of methoxy groups -OCH3 is 1. The first-order chi connectivity index (χ1) is 9.63. The van der Waals surface area contributed by atoms with E-state index in [1.54, 1.807) is 18.2 Å². The number of hydrogen-bond acceptors (Lipinski definition) is 5. The summed E-state index contributed by atoms with van der Waals surface area (Å²) in [5.74, 6) is 1.29. The number of nitrogens with zero attached hydrogens (tertiary/aromatic N) is 2. The SMILES string of the molecule is COc1ccc(C#N)c(Oc2ccc([N+](=O)[O-])cc2)c1. The molecule has 0 amide bonds. The van der Waals surface area contributed by atoms with E-state index in [1.807, 2.05) is 6.07 Å². The molecule has 0 aliphatic heterocycles. The highest BCUT2D eigenvalue weighted by Gasteiger charge is 2.09. The van der Waals surface area contributed by atoms with Crippen molar-refractivity contribution in [3.63, 3.8) is 0 Å². The van der Waals surface area contributed by atoms with Crippen LogP contribution in [0.3, 0.4) is 0 Å². The highest BCUT2D eigenvalue weighted by atomic mass is 16.6. The van der Waals surface area contributed by atoms with Gasteiger partial charge >= 0.3 is 0 Å². The largest absolute Gasteiger partial charge is 0.497 e. The summed E-state index contributed by atoms with van der Waals surface area (Å²) in [5.41, 5.74) is 0.327. The summed E-state index contributed by atoms with van der Waals surface area (Å²) < 4.78 is 10.6. The third-order valence-corrected chi connectivity index (χ3v) is 2.58. The van der Waals surface area contributed by atoms with Gasteiger partial charge in [0.2, 0.25) is 0 Å². The second kappa shape index (κ2) is 5.71. The molecule has 2 aromatic rings. The molecule has 0 atom stereocenters. The molecular formula is C14H10N2O4. The Hall–Kier alpha value is -3.07. The standard InChI is InChI=1S/C14H10N2O4/c1-19-13-5-2-10(9-15)14(8-13)20-12-6-3-11(4-7-12)16(17)18/h2-8H,1H3. The molecular weight excluding hydrogens is 260 g/mol. The second-order valence-corrected chi connectivity index (χ2v) is 3.83. The number of rotatable bonds is 4. The number of hydrogen-bond donors (Lipinski definition) is 0. The van der Waals surface area contributed by atoms with Crippen molar-refractivity contribution in [1.29, 1.82) is 5.26 Å². The van der Waals surface area contributed by atoms with Crippen LogP contribution in [0.15, 0.2) is 42.5 Å². The summed E-state index contributed by atoms with van der Waals surface area (Å²) in [6.07, 6.45) is 0. The normalized spacial score (nSPS) is 9.60. The van der Waals surface area contributed by atoms with Crippen molar-refractivity contribution in [2.75, 3.05) is 7.11 Å². The molecule has 2 aromatic carbocycles. The minimum atomic E-state index is -0.490. The average Bonchev–Trinajstić information content (AvgIpc) is 2.47.